The van der Waals surface area contributed by atoms with Crippen molar-refractivity contribution in [3.8, 4) is 28.0 Å². The number of carbonyl (C=O) groups excluding carboxylic acids is 2. The molecule has 0 heterocycles. The predicted octanol–water partition coefficient (Wildman–Crippen LogP) is 7.72. The van der Waals surface area contributed by atoms with Gasteiger partial charge in [-0.15, -0.1) is 0 Å². The van der Waals surface area contributed by atoms with Crippen LogP contribution in [0.3, 0.4) is 0 Å². The third-order valence-electron chi connectivity index (χ3n) is 5.86. The Morgan fingerprint density at radius 1 is 0.611 bits per heavy atom. The lowest BCUT2D eigenvalue weighted by atomic mass is 9.98. The molecule has 0 N–H and O–H groups in total. The van der Waals surface area contributed by atoms with E-state index in [9.17, 15) is 9.59 Å². The van der Waals surface area contributed by atoms with Crippen LogP contribution in [0.4, 0.5) is 0 Å². The molecule has 3 aromatic carbocycles. The third-order valence-corrected chi connectivity index (χ3v) is 5.86. The van der Waals surface area contributed by atoms with Crippen LogP contribution in [0.1, 0.15) is 45.1 Å². The van der Waals surface area contributed by atoms with Crippen molar-refractivity contribution in [1.82, 2.24) is 0 Å². The molecule has 0 radical (unpaired) electrons. The summed E-state index contributed by atoms with van der Waals surface area (Å²) < 4.78 is 10.4. The van der Waals surface area contributed by atoms with E-state index in [4.69, 9.17) is 9.47 Å². The topological polar surface area (TPSA) is 52.6 Å². The Kier molecular flexibility index (Phi) is 9.82. The largest absolute Gasteiger partial charge is 0.462 e. The zero-order valence-electron chi connectivity index (χ0n) is 21.2. The van der Waals surface area contributed by atoms with Crippen LogP contribution < -0.4 is 4.74 Å². The summed E-state index contributed by atoms with van der Waals surface area (Å²) in [5.41, 5.74) is 6.66. The molecule has 0 atom stereocenters. The van der Waals surface area contributed by atoms with Crippen LogP contribution in [0, 0.1) is 0 Å². The Hall–Kier alpha value is -3.92. The van der Waals surface area contributed by atoms with Gasteiger partial charge in [-0.2, -0.15) is 0 Å². The summed E-state index contributed by atoms with van der Waals surface area (Å²) in [4.78, 5) is 23.0. The lowest BCUT2D eigenvalue weighted by molar-refractivity contribution is -0.139. The Labute approximate surface area is 214 Å². The first kappa shape index (κ1) is 26.7. The lowest BCUT2D eigenvalue weighted by Crippen LogP contribution is -2.07. The first-order chi connectivity index (χ1) is 17.3. The SMILES string of the molecule is C=C(C)C(=O)OCCCCCCc1ccc(-c2ccc(-c3ccc(OC(=O)C(=C)C)cc3)cc2)cc1. The number of benzene rings is 3. The maximum atomic E-state index is 11.7. The van der Waals surface area contributed by atoms with E-state index in [-0.39, 0.29) is 5.97 Å². The molecule has 36 heavy (non-hydrogen) atoms. The molecule has 186 valence electrons. The Bertz CT molecular complexity index is 1190. The van der Waals surface area contributed by atoms with Crippen molar-refractivity contribution in [2.45, 2.75) is 46.0 Å². The maximum Gasteiger partial charge on any atom is 0.338 e. The number of aryl methyl sites for hydroxylation is 1. The van der Waals surface area contributed by atoms with E-state index in [1.165, 1.54) is 16.7 Å². The highest BCUT2D eigenvalue weighted by Gasteiger charge is 2.06. The number of rotatable bonds is 12. The first-order valence-electron chi connectivity index (χ1n) is 12.3. The monoisotopic (exact) mass is 482 g/mol. The molecule has 3 rings (SSSR count). The highest BCUT2D eigenvalue weighted by atomic mass is 16.5. The minimum Gasteiger partial charge on any atom is -0.462 e. The van der Waals surface area contributed by atoms with Gasteiger partial charge in [-0.05, 0) is 73.1 Å². The molecule has 0 amide bonds. The first-order valence-corrected chi connectivity index (χ1v) is 12.3. The highest BCUT2D eigenvalue weighted by molar-refractivity contribution is 5.89. The van der Waals surface area contributed by atoms with Gasteiger partial charge in [-0.3, -0.25) is 0 Å². The number of hydrogen-bond acceptors (Lipinski definition) is 4. The number of unbranched alkanes of at least 4 members (excludes halogenated alkanes) is 3. The smallest absolute Gasteiger partial charge is 0.338 e. The molecule has 0 aliphatic rings. The van der Waals surface area contributed by atoms with Crippen LogP contribution in [0.25, 0.3) is 22.3 Å². The van der Waals surface area contributed by atoms with Crippen LogP contribution in [-0.2, 0) is 20.7 Å². The molecule has 4 heteroatoms. The number of hydrogen-bond donors (Lipinski definition) is 0. The average Bonchev–Trinajstić information content (AvgIpc) is 2.89. The zero-order chi connectivity index (χ0) is 25.9. The Morgan fingerprint density at radius 2 is 1.06 bits per heavy atom. The normalized spacial score (nSPS) is 10.5. The highest BCUT2D eigenvalue weighted by Crippen LogP contribution is 2.27. The number of carbonyl (C=O) groups is 2. The summed E-state index contributed by atoms with van der Waals surface area (Å²) in [7, 11) is 0. The van der Waals surface area contributed by atoms with Crippen molar-refractivity contribution in [2.24, 2.45) is 0 Å². The number of esters is 2. The zero-order valence-corrected chi connectivity index (χ0v) is 21.2. The van der Waals surface area contributed by atoms with Gasteiger partial charge < -0.3 is 9.47 Å². The fourth-order valence-electron chi connectivity index (χ4n) is 3.70. The van der Waals surface area contributed by atoms with Gasteiger partial charge in [0.1, 0.15) is 5.75 Å². The molecule has 3 aromatic rings. The van der Waals surface area contributed by atoms with Crippen LogP contribution in [0.2, 0.25) is 0 Å². The fourth-order valence-corrected chi connectivity index (χ4v) is 3.70. The summed E-state index contributed by atoms with van der Waals surface area (Å²) in [5.74, 6) is -0.216. The van der Waals surface area contributed by atoms with Gasteiger partial charge >= 0.3 is 11.9 Å². The number of ether oxygens (including phenoxy) is 2. The predicted molar refractivity (Wildman–Crippen MR) is 146 cm³/mol. The van der Waals surface area contributed by atoms with Crippen LogP contribution in [0.5, 0.6) is 5.75 Å². The fraction of sp³-hybridized carbons (Fsp3) is 0.250. The molecule has 4 nitrogen and oxygen atoms in total. The van der Waals surface area contributed by atoms with Crippen LogP contribution in [-0.4, -0.2) is 18.5 Å². The van der Waals surface area contributed by atoms with Gasteiger partial charge in [0.25, 0.3) is 0 Å². The minimum atomic E-state index is -0.420. The Balaban J connectivity index is 1.46. The molecule has 0 aliphatic heterocycles. The molecular weight excluding hydrogens is 448 g/mol. The van der Waals surface area contributed by atoms with Gasteiger partial charge in [0, 0.05) is 11.1 Å². The van der Waals surface area contributed by atoms with E-state index < -0.39 is 5.97 Å². The van der Waals surface area contributed by atoms with E-state index in [1.807, 2.05) is 12.1 Å². The van der Waals surface area contributed by atoms with Gasteiger partial charge in [-0.1, -0.05) is 86.7 Å². The average molecular weight is 483 g/mol. The van der Waals surface area contributed by atoms with Crippen LogP contribution >= 0.6 is 0 Å². The second kappa shape index (κ2) is 13.2. The van der Waals surface area contributed by atoms with E-state index in [1.54, 1.807) is 26.0 Å². The third kappa shape index (κ3) is 8.09. The molecule has 0 aromatic heterocycles. The maximum absolute atomic E-state index is 11.7. The summed E-state index contributed by atoms with van der Waals surface area (Å²) in [6, 6.07) is 24.7. The second-order valence-corrected chi connectivity index (χ2v) is 9.05. The van der Waals surface area contributed by atoms with E-state index in [0.717, 1.165) is 43.2 Å². The Morgan fingerprint density at radius 3 is 1.56 bits per heavy atom. The summed E-state index contributed by atoms with van der Waals surface area (Å²) in [6.07, 6.45) is 5.22. The van der Waals surface area contributed by atoms with Crippen molar-refractivity contribution in [2.75, 3.05) is 6.61 Å². The van der Waals surface area contributed by atoms with Crippen molar-refractivity contribution in [1.29, 1.82) is 0 Å². The molecular formula is C32H34O4. The standard InChI is InChI=1S/C32H34O4/c1-23(2)31(33)35-22-8-6-5-7-9-25-10-12-26(13-11-25)27-14-16-28(17-15-27)29-18-20-30(21-19-29)36-32(34)24(3)4/h10-21H,1,3,5-9,22H2,2,4H3. The van der Waals surface area contributed by atoms with Gasteiger partial charge in [-0.25, -0.2) is 9.59 Å². The molecule has 0 bridgehead atoms. The summed E-state index contributed by atoms with van der Waals surface area (Å²) in [5, 5.41) is 0. The van der Waals surface area contributed by atoms with E-state index in [2.05, 4.69) is 61.7 Å². The van der Waals surface area contributed by atoms with Crippen molar-refractivity contribution in [3.05, 3.63) is 103 Å². The molecule has 0 spiro atoms. The molecule has 0 saturated carbocycles. The van der Waals surface area contributed by atoms with Crippen molar-refractivity contribution >= 4 is 11.9 Å². The quantitative estimate of drug-likeness (QED) is 0.115. The molecule has 0 aliphatic carbocycles. The van der Waals surface area contributed by atoms with Crippen LogP contribution in [0.15, 0.2) is 97.1 Å². The van der Waals surface area contributed by atoms with E-state index >= 15 is 0 Å². The summed E-state index contributed by atoms with van der Waals surface area (Å²) in [6.45, 7) is 10.9. The molecule has 0 saturated heterocycles. The van der Waals surface area contributed by atoms with Crippen molar-refractivity contribution < 1.29 is 19.1 Å². The second-order valence-electron chi connectivity index (χ2n) is 9.05. The van der Waals surface area contributed by atoms with Gasteiger partial charge in [0.2, 0.25) is 0 Å². The lowest BCUT2D eigenvalue weighted by Gasteiger charge is -2.08. The molecule has 0 unspecified atom stereocenters. The van der Waals surface area contributed by atoms with E-state index in [0.29, 0.717) is 23.5 Å². The summed E-state index contributed by atoms with van der Waals surface area (Å²) >= 11 is 0. The van der Waals surface area contributed by atoms with Gasteiger partial charge in [0.05, 0.1) is 6.61 Å². The molecule has 0 fully saturated rings. The van der Waals surface area contributed by atoms with Gasteiger partial charge in [0.15, 0.2) is 0 Å². The minimum absolute atomic E-state index is 0.304. The van der Waals surface area contributed by atoms with Crippen molar-refractivity contribution in [3.63, 3.8) is 0 Å².